The van der Waals surface area contributed by atoms with Crippen LogP contribution in [0.2, 0.25) is 0 Å². The van der Waals surface area contributed by atoms with Crippen LogP contribution in [0.15, 0.2) is 17.1 Å². The number of nitrogens with zero attached hydrogens (tertiary/aromatic N) is 3. The van der Waals surface area contributed by atoms with Gasteiger partial charge in [0, 0.05) is 30.6 Å². The van der Waals surface area contributed by atoms with E-state index in [1.54, 1.807) is 11.3 Å². The summed E-state index contributed by atoms with van der Waals surface area (Å²) in [5, 5.41) is 5.58. The number of thiazole rings is 1. The lowest BCUT2D eigenvalue weighted by molar-refractivity contribution is 0.690. The van der Waals surface area contributed by atoms with Crippen LogP contribution in [-0.4, -0.2) is 20.6 Å². The Morgan fingerprint density at radius 1 is 1.53 bits per heavy atom. The Balaban J connectivity index is 1.68. The summed E-state index contributed by atoms with van der Waals surface area (Å²) in [5.74, 6) is 1.01. The van der Waals surface area contributed by atoms with Gasteiger partial charge >= 0.3 is 0 Å². The zero-order valence-electron chi connectivity index (χ0n) is 9.89. The van der Waals surface area contributed by atoms with Gasteiger partial charge in [-0.3, -0.25) is 0 Å². The summed E-state index contributed by atoms with van der Waals surface area (Å²) in [6.45, 7) is 2.98. The highest BCUT2D eigenvalue weighted by molar-refractivity contribution is 7.07. The van der Waals surface area contributed by atoms with Crippen LogP contribution >= 0.6 is 11.3 Å². The van der Waals surface area contributed by atoms with E-state index in [1.807, 2.05) is 12.4 Å². The van der Waals surface area contributed by atoms with Crippen LogP contribution in [-0.2, 0) is 13.0 Å². The highest BCUT2D eigenvalue weighted by Crippen LogP contribution is 2.24. The van der Waals surface area contributed by atoms with Crippen molar-refractivity contribution in [1.82, 2.24) is 14.5 Å². The highest BCUT2D eigenvalue weighted by atomic mass is 32.1. The van der Waals surface area contributed by atoms with Crippen molar-refractivity contribution in [3.63, 3.8) is 0 Å². The molecule has 0 atom stereocenters. The molecule has 2 aromatic heterocycles. The zero-order chi connectivity index (χ0) is 11.7. The van der Waals surface area contributed by atoms with Crippen LogP contribution in [0, 0.1) is 6.92 Å². The molecule has 1 N–H and O–H groups in total. The Morgan fingerprint density at radius 3 is 3.12 bits per heavy atom. The monoisotopic (exact) mass is 248 g/mol. The predicted molar refractivity (Wildman–Crippen MR) is 69.4 cm³/mol. The van der Waals surface area contributed by atoms with E-state index in [0.29, 0.717) is 6.04 Å². The summed E-state index contributed by atoms with van der Waals surface area (Å²) < 4.78 is 2.20. The van der Waals surface area contributed by atoms with E-state index in [4.69, 9.17) is 0 Å². The molecule has 0 aliphatic heterocycles. The molecule has 1 aliphatic rings. The van der Waals surface area contributed by atoms with Gasteiger partial charge in [-0.25, -0.2) is 9.97 Å². The molecular formula is C12H16N4S. The number of aromatic nitrogens is 3. The molecule has 2 aromatic rings. The van der Waals surface area contributed by atoms with Gasteiger partial charge in [-0.05, 0) is 19.8 Å². The lowest BCUT2D eigenvalue weighted by Gasteiger charge is -2.07. The molecule has 5 heteroatoms. The third-order valence-electron chi connectivity index (χ3n) is 2.90. The average molecular weight is 248 g/mol. The minimum Gasteiger partial charge on any atom is -0.353 e. The van der Waals surface area contributed by atoms with Crippen LogP contribution in [0.3, 0.4) is 0 Å². The van der Waals surface area contributed by atoms with Gasteiger partial charge < -0.3 is 9.88 Å². The Morgan fingerprint density at radius 2 is 2.41 bits per heavy atom. The van der Waals surface area contributed by atoms with Gasteiger partial charge in [0.25, 0.3) is 0 Å². The fourth-order valence-electron chi connectivity index (χ4n) is 1.84. The SMILES string of the molecule is Cc1cn(CCc2cscn2)c(NC2CC2)n1. The molecule has 0 spiro atoms. The first-order valence-electron chi connectivity index (χ1n) is 5.98. The van der Waals surface area contributed by atoms with Crippen molar-refractivity contribution in [3.8, 4) is 0 Å². The van der Waals surface area contributed by atoms with Gasteiger partial charge in [0.2, 0.25) is 5.95 Å². The van der Waals surface area contributed by atoms with Gasteiger partial charge in [-0.1, -0.05) is 0 Å². The molecule has 3 rings (SSSR count). The Hall–Kier alpha value is -1.36. The Bertz CT molecular complexity index is 485. The number of hydrogen-bond donors (Lipinski definition) is 1. The Labute approximate surface area is 105 Å². The first-order chi connectivity index (χ1) is 8.31. The van der Waals surface area contributed by atoms with Gasteiger partial charge in [0.15, 0.2) is 0 Å². The summed E-state index contributed by atoms with van der Waals surface area (Å²) >= 11 is 1.65. The molecule has 4 nitrogen and oxygen atoms in total. The highest BCUT2D eigenvalue weighted by Gasteiger charge is 2.22. The van der Waals surface area contributed by atoms with E-state index in [9.17, 15) is 0 Å². The maximum atomic E-state index is 4.52. The minimum atomic E-state index is 0.648. The fourth-order valence-corrected chi connectivity index (χ4v) is 2.43. The van der Waals surface area contributed by atoms with Crippen LogP contribution in [0.25, 0.3) is 0 Å². The number of hydrogen-bond acceptors (Lipinski definition) is 4. The van der Waals surface area contributed by atoms with E-state index in [0.717, 1.165) is 24.6 Å². The van der Waals surface area contributed by atoms with Gasteiger partial charge in [-0.2, -0.15) is 0 Å². The van der Waals surface area contributed by atoms with Crippen molar-refractivity contribution in [1.29, 1.82) is 0 Å². The molecule has 0 amide bonds. The van der Waals surface area contributed by atoms with E-state index in [2.05, 4.69) is 31.4 Å². The summed E-state index contributed by atoms with van der Waals surface area (Å²) in [7, 11) is 0. The van der Waals surface area contributed by atoms with Crippen molar-refractivity contribution in [2.45, 2.75) is 38.8 Å². The van der Waals surface area contributed by atoms with Crippen molar-refractivity contribution >= 4 is 17.3 Å². The molecule has 0 aromatic carbocycles. The van der Waals surface area contributed by atoms with E-state index in [-0.39, 0.29) is 0 Å². The molecular weight excluding hydrogens is 232 g/mol. The van der Waals surface area contributed by atoms with Crippen molar-refractivity contribution in [3.05, 3.63) is 28.5 Å². The number of nitrogens with one attached hydrogen (secondary N) is 1. The first kappa shape index (κ1) is 10.8. The number of aryl methyl sites for hydroxylation is 3. The van der Waals surface area contributed by atoms with Crippen molar-refractivity contribution < 1.29 is 0 Å². The van der Waals surface area contributed by atoms with Gasteiger partial charge in [0.05, 0.1) is 16.9 Å². The maximum Gasteiger partial charge on any atom is 0.203 e. The predicted octanol–water partition coefficient (Wildman–Crippen LogP) is 2.47. The maximum absolute atomic E-state index is 4.52. The van der Waals surface area contributed by atoms with Crippen LogP contribution in [0.4, 0.5) is 5.95 Å². The largest absolute Gasteiger partial charge is 0.353 e. The Kier molecular flexibility index (Phi) is 2.84. The standard InChI is InChI=1S/C12H16N4S/c1-9-6-16(5-4-11-7-17-8-13-11)12(14-9)15-10-2-3-10/h6-8,10H,2-5H2,1H3,(H,14,15). The summed E-state index contributed by atoms with van der Waals surface area (Å²) in [6, 6.07) is 0.648. The van der Waals surface area contributed by atoms with Crippen molar-refractivity contribution in [2.24, 2.45) is 0 Å². The third kappa shape index (κ3) is 2.66. The second kappa shape index (κ2) is 4.49. The summed E-state index contributed by atoms with van der Waals surface area (Å²) in [5.41, 5.74) is 4.13. The summed E-state index contributed by atoms with van der Waals surface area (Å²) in [4.78, 5) is 8.83. The average Bonchev–Trinajstić information content (AvgIpc) is 2.85. The normalized spacial score (nSPS) is 15.1. The van der Waals surface area contributed by atoms with E-state index in [1.165, 1.54) is 18.5 Å². The summed E-state index contributed by atoms with van der Waals surface area (Å²) in [6.07, 6.45) is 5.63. The molecule has 0 unspecified atom stereocenters. The molecule has 0 radical (unpaired) electrons. The second-order valence-electron chi connectivity index (χ2n) is 4.55. The fraction of sp³-hybridized carbons (Fsp3) is 0.500. The number of imidazole rings is 1. The van der Waals surface area contributed by atoms with Gasteiger partial charge in [-0.15, -0.1) is 11.3 Å². The second-order valence-corrected chi connectivity index (χ2v) is 5.27. The smallest absolute Gasteiger partial charge is 0.203 e. The molecule has 0 saturated heterocycles. The van der Waals surface area contributed by atoms with Crippen molar-refractivity contribution in [2.75, 3.05) is 5.32 Å². The lowest BCUT2D eigenvalue weighted by Crippen LogP contribution is -2.10. The molecule has 1 saturated carbocycles. The minimum absolute atomic E-state index is 0.648. The van der Waals surface area contributed by atoms with Crippen LogP contribution in [0.5, 0.6) is 0 Å². The lowest BCUT2D eigenvalue weighted by atomic mass is 10.3. The molecule has 2 heterocycles. The van der Waals surface area contributed by atoms with Crippen LogP contribution < -0.4 is 5.32 Å². The topological polar surface area (TPSA) is 42.7 Å². The van der Waals surface area contributed by atoms with Gasteiger partial charge in [0.1, 0.15) is 0 Å². The number of anilines is 1. The number of rotatable bonds is 5. The molecule has 1 aliphatic carbocycles. The zero-order valence-corrected chi connectivity index (χ0v) is 10.7. The molecule has 17 heavy (non-hydrogen) atoms. The third-order valence-corrected chi connectivity index (χ3v) is 3.54. The van der Waals surface area contributed by atoms with Crippen LogP contribution in [0.1, 0.15) is 24.2 Å². The molecule has 0 bridgehead atoms. The molecule has 90 valence electrons. The van der Waals surface area contributed by atoms with E-state index >= 15 is 0 Å². The van der Waals surface area contributed by atoms with E-state index < -0.39 is 0 Å². The first-order valence-corrected chi connectivity index (χ1v) is 6.93. The molecule has 1 fully saturated rings. The quantitative estimate of drug-likeness (QED) is 0.884.